The molecular formula is C22H19BrN2O2. The van der Waals surface area contributed by atoms with Gasteiger partial charge in [0.05, 0.1) is 23.7 Å². The molecule has 5 heteroatoms. The number of rotatable bonds is 6. The first kappa shape index (κ1) is 18.9. The smallest absolute Gasteiger partial charge is 0.252 e. The summed E-state index contributed by atoms with van der Waals surface area (Å²) in [4.78, 5) is 12.8. The van der Waals surface area contributed by atoms with Crippen LogP contribution in [0.3, 0.4) is 0 Å². The van der Waals surface area contributed by atoms with Gasteiger partial charge >= 0.3 is 0 Å². The van der Waals surface area contributed by atoms with E-state index in [0.717, 1.165) is 26.9 Å². The van der Waals surface area contributed by atoms with E-state index < -0.39 is 5.92 Å². The average Bonchev–Trinajstić information content (AvgIpc) is 2.70. The maximum absolute atomic E-state index is 12.8. The van der Waals surface area contributed by atoms with Crippen LogP contribution < -0.4 is 10.2 Å². The summed E-state index contributed by atoms with van der Waals surface area (Å²) < 4.78 is 6.04. The van der Waals surface area contributed by atoms with E-state index >= 15 is 0 Å². The van der Waals surface area contributed by atoms with Crippen molar-refractivity contribution in [1.82, 2.24) is 5.43 Å². The van der Waals surface area contributed by atoms with Crippen LogP contribution in [0, 0.1) is 0 Å². The molecule has 0 fully saturated rings. The van der Waals surface area contributed by atoms with Crippen molar-refractivity contribution in [2.24, 2.45) is 5.10 Å². The quantitative estimate of drug-likeness (QED) is 0.460. The topological polar surface area (TPSA) is 50.7 Å². The van der Waals surface area contributed by atoms with Crippen molar-refractivity contribution in [2.45, 2.75) is 5.92 Å². The second kappa shape index (κ2) is 9.14. The van der Waals surface area contributed by atoms with Crippen molar-refractivity contribution in [2.75, 3.05) is 7.11 Å². The molecule has 0 spiro atoms. The third kappa shape index (κ3) is 4.83. The molecule has 0 aromatic heterocycles. The number of hydrogen-bond donors (Lipinski definition) is 1. The second-order valence-electron chi connectivity index (χ2n) is 5.88. The number of benzene rings is 3. The lowest BCUT2D eigenvalue weighted by atomic mass is 9.91. The SMILES string of the molecule is COc1ccc(/C=N/NC(=O)C(c2ccccc2)c2ccccc2)cc1Br. The largest absolute Gasteiger partial charge is 0.496 e. The number of carbonyl (C=O) groups is 1. The van der Waals surface area contributed by atoms with Gasteiger partial charge in [0.2, 0.25) is 0 Å². The van der Waals surface area contributed by atoms with Gasteiger partial charge in [-0.05, 0) is 50.8 Å². The molecule has 0 bridgehead atoms. The lowest BCUT2D eigenvalue weighted by Crippen LogP contribution is -2.26. The molecule has 0 saturated carbocycles. The molecule has 3 aromatic carbocycles. The number of methoxy groups -OCH3 is 1. The molecule has 0 aliphatic carbocycles. The van der Waals surface area contributed by atoms with Gasteiger partial charge in [-0.1, -0.05) is 60.7 Å². The van der Waals surface area contributed by atoms with Gasteiger partial charge in [-0.25, -0.2) is 5.43 Å². The summed E-state index contributed by atoms with van der Waals surface area (Å²) in [6.45, 7) is 0. The molecule has 3 rings (SSSR count). The molecule has 1 amide bonds. The second-order valence-corrected chi connectivity index (χ2v) is 6.74. The Labute approximate surface area is 167 Å². The predicted molar refractivity (Wildman–Crippen MR) is 111 cm³/mol. The number of nitrogens with zero attached hydrogens (tertiary/aromatic N) is 1. The first-order chi connectivity index (χ1) is 13.2. The summed E-state index contributed by atoms with van der Waals surface area (Å²) in [6.07, 6.45) is 1.61. The molecule has 0 atom stereocenters. The summed E-state index contributed by atoms with van der Waals surface area (Å²) >= 11 is 3.44. The van der Waals surface area contributed by atoms with Gasteiger partial charge in [0.15, 0.2) is 0 Å². The molecule has 136 valence electrons. The van der Waals surface area contributed by atoms with Gasteiger partial charge in [-0.3, -0.25) is 4.79 Å². The van der Waals surface area contributed by atoms with Crippen LogP contribution in [0.15, 0.2) is 88.4 Å². The van der Waals surface area contributed by atoms with Gasteiger partial charge in [-0.2, -0.15) is 5.10 Å². The molecule has 0 unspecified atom stereocenters. The highest BCUT2D eigenvalue weighted by Crippen LogP contribution is 2.26. The predicted octanol–water partition coefficient (Wildman–Crippen LogP) is 4.74. The Morgan fingerprint density at radius 2 is 1.59 bits per heavy atom. The standard InChI is InChI=1S/C22H19BrN2O2/c1-27-20-13-12-16(14-19(20)23)15-24-25-22(26)21(17-8-4-2-5-9-17)18-10-6-3-7-11-18/h2-15,21H,1H3,(H,25,26)/b24-15+. The minimum Gasteiger partial charge on any atom is -0.496 e. The van der Waals surface area contributed by atoms with E-state index in [0.29, 0.717) is 0 Å². The number of ether oxygens (including phenoxy) is 1. The fourth-order valence-electron chi connectivity index (χ4n) is 2.78. The third-order valence-electron chi connectivity index (χ3n) is 4.09. The van der Waals surface area contributed by atoms with Crippen molar-refractivity contribution in [3.8, 4) is 5.75 Å². The number of halogens is 1. The number of nitrogens with one attached hydrogen (secondary N) is 1. The van der Waals surface area contributed by atoms with Crippen LogP contribution in [-0.4, -0.2) is 19.2 Å². The minimum absolute atomic E-state index is 0.184. The maximum Gasteiger partial charge on any atom is 0.252 e. The molecule has 0 aliphatic heterocycles. The monoisotopic (exact) mass is 422 g/mol. The lowest BCUT2D eigenvalue weighted by Gasteiger charge is -2.16. The van der Waals surface area contributed by atoms with Crippen LogP contribution in [0.4, 0.5) is 0 Å². The Morgan fingerprint density at radius 3 is 2.11 bits per heavy atom. The molecular weight excluding hydrogens is 404 g/mol. The molecule has 3 aromatic rings. The molecule has 0 heterocycles. The van der Waals surface area contributed by atoms with E-state index in [1.54, 1.807) is 13.3 Å². The Hall–Kier alpha value is -2.92. The Balaban J connectivity index is 1.78. The van der Waals surface area contributed by atoms with Crippen LogP contribution in [0.2, 0.25) is 0 Å². The van der Waals surface area contributed by atoms with Gasteiger partial charge in [-0.15, -0.1) is 0 Å². The van der Waals surface area contributed by atoms with Gasteiger partial charge in [0.1, 0.15) is 5.75 Å². The fourth-order valence-corrected chi connectivity index (χ4v) is 3.34. The highest BCUT2D eigenvalue weighted by atomic mass is 79.9. The van der Waals surface area contributed by atoms with Crippen LogP contribution >= 0.6 is 15.9 Å². The summed E-state index contributed by atoms with van der Waals surface area (Å²) in [6, 6.07) is 24.9. The molecule has 0 radical (unpaired) electrons. The summed E-state index contributed by atoms with van der Waals surface area (Å²) in [5.74, 6) is 0.132. The molecule has 0 saturated heterocycles. The van der Waals surface area contributed by atoms with E-state index in [9.17, 15) is 4.79 Å². The van der Waals surface area contributed by atoms with Crippen molar-refractivity contribution in [3.63, 3.8) is 0 Å². The average molecular weight is 423 g/mol. The highest BCUT2D eigenvalue weighted by Gasteiger charge is 2.22. The Kier molecular flexibility index (Phi) is 6.39. The van der Waals surface area contributed by atoms with E-state index in [2.05, 4.69) is 26.5 Å². The van der Waals surface area contributed by atoms with Crippen molar-refractivity contribution >= 4 is 28.1 Å². The van der Waals surface area contributed by atoms with Crippen molar-refractivity contribution in [3.05, 3.63) is 100 Å². The van der Waals surface area contributed by atoms with Gasteiger partial charge in [0, 0.05) is 0 Å². The van der Waals surface area contributed by atoms with Crippen LogP contribution in [0.25, 0.3) is 0 Å². The third-order valence-corrected chi connectivity index (χ3v) is 4.71. The lowest BCUT2D eigenvalue weighted by molar-refractivity contribution is -0.121. The minimum atomic E-state index is -0.424. The Morgan fingerprint density at radius 1 is 1.00 bits per heavy atom. The van der Waals surface area contributed by atoms with E-state index in [1.165, 1.54) is 0 Å². The maximum atomic E-state index is 12.8. The zero-order chi connectivity index (χ0) is 19.1. The summed E-state index contributed by atoms with van der Waals surface area (Å²) in [7, 11) is 1.61. The number of amides is 1. The van der Waals surface area contributed by atoms with E-state index in [-0.39, 0.29) is 5.91 Å². The number of hydrazone groups is 1. The molecule has 27 heavy (non-hydrogen) atoms. The Bertz CT molecular complexity index is 888. The molecule has 1 N–H and O–H groups in total. The van der Waals surface area contributed by atoms with E-state index in [4.69, 9.17) is 4.74 Å². The van der Waals surface area contributed by atoms with E-state index in [1.807, 2.05) is 78.9 Å². The summed E-state index contributed by atoms with van der Waals surface area (Å²) in [5, 5.41) is 4.12. The van der Waals surface area contributed by atoms with Crippen LogP contribution in [-0.2, 0) is 4.79 Å². The van der Waals surface area contributed by atoms with Crippen LogP contribution in [0.1, 0.15) is 22.6 Å². The van der Waals surface area contributed by atoms with Crippen molar-refractivity contribution < 1.29 is 9.53 Å². The zero-order valence-corrected chi connectivity index (χ0v) is 16.4. The number of hydrogen-bond acceptors (Lipinski definition) is 3. The normalized spacial score (nSPS) is 10.9. The molecule has 0 aliphatic rings. The molecule has 4 nitrogen and oxygen atoms in total. The first-order valence-corrected chi connectivity index (χ1v) is 9.24. The zero-order valence-electron chi connectivity index (χ0n) is 14.8. The van der Waals surface area contributed by atoms with Gasteiger partial charge in [0.25, 0.3) is 5.91 Å². The van der Waals surface area contributed by atoms with Crippen molar-refractivity contribution in [1.29, 1.82) is 0 Å². The van der Waals surface area contributed by atoms with Gasteiger partial charge < -0.3 is 4.74 Å². The number of carbonyl (C=O) groups excluding carboxylic acids is 1. The highest BCUT2D eigenvalue weighted by molar-refractivity contribution is 9.10. The summed E-state index contributed by atoms with van der Waals surface area (Å²) in [5.41, 5.74) is 5.35. The van der Waals surface area contributed by atoms with Crippen LogP contribution in [0.5, 0.6) is 5.75 Å². The first-order valence-electron chi connectivity index (χ1n) is 8.45. The fraction of sp³-hybridized carbons (Fsp3) is 0.0909.